The van der Waals surface area contributed by atoms with Crippen molar-refractivity contribution in [1.29, 1.82) is 0 Å². The van der Waals surface area contributed by atoms with E-state index in [0.717, 1.165) is 29.9 Å². The lowest BCUT2D eigenvalue weighted by molar-refractivity contribution is -0.151. The fraction of sp³-hybridized carbons (Fsp3) is 0.484. The van der Waals surface area contributed by atoms with Gasteiger partial charge in [0.15, 0.2) is 6.61 Å². The van der Waals surface area contributed by atoms with Gasteiger partial charge < -0.3 is 25.0 Å². The standard InChI is InChI=1S/C31H39N3O5S2/c1-22(35)38-19-29(36)34-21-41-20-28(34)30(37)33-27(17-14-23-8-4-2-5-9-23)31(40)32-18-24-12-15-26(16-13-24)39-25-10-6-3-7-11-25/h3,6-7,10-13,15-16,23,27-28H,2,4-5,8-9,14,17-21H2,1H3,(H,32,40)(H,33,37)/t27-,28+/m1/s1. The van der Waals surface area contributed by atoms with Crippen molar-refractivity contribution < 1.29 is 23.9 Å². The summed E-state index contributed by atoms with van der Waals surface area (Å²) < 4.78 is 10.8. The molecule has 2 amide bonds. The van der Waals surface area contributed by atoms with Gasteiger partial charge in [0.25, 0.3) is 5.91 Å². The second-order valence-corrected chi connectivity index (χ2v) is 12.0. The van der Waals surface area contributed by atoms with Crippen LogP contribution < -0.4 is 15.4 Å². The molecular formula is C31H39N3O5S2. The molecule has 0 spiro atoms. The quantitative estimate of drug-likeness (QED) is 0.255. The average Bonchev–Trinajstić information content (AvgIpc) is 3.49. The van der Waals surface area contributed by atoms with Crippen LogP contribution in [0.4, 0.5) is 0 Å². The number of para-hydroxylation sites is 1. The van der Waals surface area contributed by atoms with Gasteiger partial charge >= 0.3 is 5.97 Å². The van der Waals surface area contributed by atoms with E-state index in [2.05, 4.69) is 10.6 Å². The van der Waals surface area contributed by atoms with Crippen molar-refractivity contribution in [3.8, 4) is 11.5 Å². The van der Waals surface area contributed by atoms with Gasteiger partial charge in [-0.3, -0.25) is 14.4 Å². The lowest BCUT2D eigenvalue weighted by Gasteiger charge is -2.28. The minimum Gasteiger partial charge on any atom is -0.457 e. The molecule has 1 aliphatic heterocycles. The minimum absolute atomic E-state index is 0.230. The topological polar surface area (TPSA) is 97.0 Å². The lowest BCUT2D eigenvalue weighted by Crippen LogP contribution is -2.54. The third-order valence-electron chi connectivity index (χ3n) is 7.49. The summed E-state index contributed by atoms with van der Waals surface area (Å²) >= 11 is 7.31. The summed E-state index contributed by atoms with van der Waals surface area (Å²) in [5.41, 5.74) is 1.04. The minimum atomic E-state index is -0.625. The first-order valence-electron chi connectivity index (χ1n) is 14.3. The Balaban J connectivity index is 1.35. The number of thiocarbonyl (C=S) groups is 1. The molecule has 2 aromatic carbocycles. The molecule has 2 fully saturated rings. The number of thioether (sulfide) groups is 1. The van der Waals surface area contributed by atoms with Crippen LogP contribution in [0.3, 0.4) is 0 Å². The van der Waals surface area contributed by atoms with Crippen molar-refractivity contribution >= 4 is 46.8 Å². The highest BCUT2D eigenvalue weighted by atomic mass is 32.2. The highest BCUT2D eigenvalue weighted by Gasteiger charge is 2.36. The first-order chi connectivity index (χ1) is 19.9. The van der Waals surface area contributed by atoms with Gasteiger partial charge in [-0.2, -0.15) is 0 Å². The summed E-state index contributed by atoms with van der Waals surface area (Å²) in [5, 5.41) is 6.49. The van der Waals surface area contributed by atoms with Crippen molar-refractivity contribution in [2.24, 2.45) is 5.92 Å². The molecule has 1 saturated heterocycles. The molecule has 1 heterocycles. The third-order valence-corrected chi connectivity index (χ3v) is 8.94. The molecule has 220 valence electrons. The zero-order chi connectivity index (χ0) is 29.0. The van der Waals surface area contributed by atoms with Crippen LogP contribution in [-0.4, -0.2) is 58.0 Å². The van der Waals surface area contributed by atoms with E-state index in [-0.39, 0.29) is 24.5 Å². The number of nitrogens with one attached hydrogen (secondary N) is 2. The Labute approximate surface area is 251 Å². The predicted octanol–water partition coefficient (Wildman–Crippen LogP) is 5.21. The monoisotopic (exact) mass is 597 g/mol. The normalized spacial score (nSPS) is 17.9. The Kier molecular flexibility index (Phi) is 11.9. The van der Waals surface area contributed by atoms with Crippen LogP contribution in [0.15, 0.2) is 54.6 Å². The molecule has 0 radical (unpaired) electrons. The summed E-state index contributed by atoms with van der Waals surface area (Å²) in [7, 11) is 0. The highest BCUT2D eigenvalue weighted by Crippen LogP contribution is 2.28. The summed E-state index contributed by atoms with van der Waals surface area (Å²) in [6.07, 6.45) is 7.98. The van der Waals surface area contributed by atoms with E-state index in [4.69, 9.17) is 21.7 Å². The van der Waals surface area contributed by atoms with E-state index in [1.807, 2.05) is 54.6 Å². The summed E-state index contributed by atoms with van der Waals surface area (Å²) in [6.45, 7) is 1.42. The van der Waals surface area contributed by atoms with Gasteiger partial charge in [-0.1, -0.05) is 74.7 Å². The molecule has 2 atom stereocenters. The number of hydrogen-bond acceptors (Lipinski definition) is 7. The van der Waals surface area contributed by atoms with Crippen molar-refractivity contribution in [3.05, 3.63) is 60.2 Å². The zero-order valence-electron chi connectivity index (χ0n) is 23.5. The maximum atomic E-state index is 13.4. The summed E-state index contributed by atoms with van der Waals surface area (Å²) in [6, 6.07) is 16.5. The van der Waals surface area contributed by atoms with Crippen molar-refractivity contribution in [2.75, 3.05) is 18.2 Å². The Morgan fingerprint density at radius 3 is 2.44 bits per heavy atom. The van der Waals surface area contributed by atoms with Crippen LogP contribution in [-0.2, 0) is 25.7 Å². The number of esters is 1. The molecule has 1 saturated carbocycles. The van der Waals surface area contributed by atoms with Gasteiger partial charge in [-0.15, -0.1) is 11.8 Å². The van der Waals surface area contributed by atoms with Gasteiger partial charge in [0.1, 0.15) is 17.5 Å². The van der Waals surface area contributed by atoms with Crippen LogP contribution in [0.25, 0.3) is 0 Å². The van der Waals surface area contributed by atoms with Gasteiger partial charge in [0, 0.05) is 19.2 Å². The number of nitrogens with zero attached hydrogens (tertiary/aromatic N) is 1. The lowest BCUT2D eigenvalue weighted by atomic mass is 9.85. The van der Waals surface area contributed by atoms with Crippen molar-refractivity contribution in [1.82, 2.24) is 15.5 Å². The molecule has 0 aromatic heterocycles. The molecular weight excluding hydrogens is 558 g/mol. The van der Waals surface area contributed by atoms with Crippen LogP contribution >= 0.6 is 24.0 Å². The molecule has 8 nitrogen and oxygen atoms in total. The van der Waals surface area contributed by atoms with Crippen molar-refractivity contribution in [3.63, 3.8) is 0 Å². The molecule has 2 N–H and O–H groups in total. The molecule has 0 bridgehead atoms. The SMILES string of the molecule is CC(=O)OCC(=O)N1CSC[C@H]1C(=O)N[C@H](CCC1CCCCC1)C(=S)NCc1ccc(Oc2ccccc2)cc1. The fourth-order valence-corrected chi connectivity index (χ4v) is 6.61. The van der Waals surface area contributed by atoms with Crippen LogP contribution in [0, 0.1) is 5.92 Å². The summed E-state index contributed by atoms with van der Waals surface area (Å²) in [4.78, 5) is 39.2. The first-order valence-corrected chi connectivity index (χ1v) is 15.9. The molecule has 41 heavy (non-hydrogen) atoms. The number of ether oxygens (including phenoxy) is 2. The van der Waals surface area contributed by atoms with E-state index in [9.17, 15) is 14.4 Å². The van der Waals surface area contributed by atoms with Gasteiger partial charge in [-0.05, 0) is 48.6 Å². The molecule has 0 unspecified atom stereocenters. The Hall–Kier alpha value is -3.11. The van der Waals surface area contributed by atoms with E-state index in [0.29, 0.717) is 29.1 Å². The maximum Gasteiger partial charge on any atom is 0.303 e. The van der Waals surface area contributed by atoms with Crippen molar-refractivity contribution in [2.45, 2.75) is 70.5 Å². The Bertz CT molecular complexity index is 1170. The fourth-order valence-electron chi connectivity index (χ4n) is 5.18. The van der Waals surface area contributed by atoms with Gasteiger partial charge in [-0.25, -0.2) is 0 Å². The predicted molar refractivity (Wildman–Crippen MR) is 165 cm³/mol. The number of carbonyl (C=O) groups is 3. The second-order valence-electron chi connectivity index (χ2n) is 10.6. The largest absolute Gasteiger partial charge is 0.457 e. The maximum absolute atomic E-state index is 13.4. The number of rotatable bonds is 12. The van der Waals surface area contributed by atoms with E-state index in [1.165, 1.54) is 55.7 Å². The smallest absolute Gasteiger partial charge is 0.303 e. The second kappa shape index (κ2) is 15.8. The number of hydrogen-bond donors (Lipinski definition) is 2. The zero-order valence-corrected chi connectivity index (χ0v) is 25.1. The van der Waals surface area contributed by atoms with Crippen LogP contribution in [0.5, 0.6) is 11.5 Å². The third kappa shape index (κ3) is 9.74. The number of benzene rings is 2. The van der Waals surface area contributed by atoms with E-state index in [1.54, 1.807) is 0 Å². The van der Waals surface area contributed by atoms with Gasteiger partial charge in [0.05, 0.1) is 16.9 Å². The summed E-state index contributed by atoms with van der Waals surface area (Å²) in [5.74, 6) is 1.93. The molecule has 4 rings (SSSR count). The molecule has 1 aliphatic carbocycles. The van der Waals surface area contributed by atoms with Crippen LogP contribution in [0.1, 0.15) is 57.4 Å². The van der Waals surface area contributed by atoms with Gasteiger partial charge in [0.2, 0.25) is 5.91 Å². The van der Waals surface area contributed by atoms with E-state index < -0.39 is 12.0 Å². The molecule has 2 aromatic rings. The number of amides is 2. The Morgan fingerprint density at radius 2 is 1.73 bits per heavy atom. The number of carbonyl (C=O) groups excluding carboxylic acids is 3. The molecule has 10 heteroatoms. The Morgan fingerprint density at radius 1 is 1.02 bits per heavy atom. The highest BCUT2D eigenvalue weighted by molar-refractivity contribution is 7.99. The van der Waals surface area contributed by atoms with Crippen LogP contribution in [0.2, 0.25) is 0 Å². The van der Waals surface area contributed by atoms with E-state index >= 15 is 0 Å². The molecule has 2 aliphatic rings. The average molecular weight is 598 g/mol. The first kappa shape index (κ1) is 30.8.